The zero-order chi connectivity index (χ0) is 12.2. The average molecular weight is 306 g/mol. The van der Waals surface area contributed by atoms with E-state index in [-0.39, 0.29) is 5.41 Å². The summed E-state index contributed by atoms with van der Waals surface area (Å²) in [6.07, 6.45) is 2.03. The van der Waals surface area contributed by atoms with Gasteiger partial charge in [-0.3, -0.25) is 0 Å². The minimum absolute atomic E-state index is 0.149. The van der Waals surface area contributed by atoms with Gasteiger partial charge in [-0.15, -0.1) is 11.6 Å². The molecule has 0 aromatic heterocycles. The first kappa shape index (κ1) is 13.9. The summed E-state index contributed by atoms with van der Waals surface area (Å²) in [5.41, 5.74) is 1.40. The second kappa shape index (κ2) is 5.92. The maximum Gasteiger partial charge on any atom is 0.119 e. The van der Waals surface area contributed by atoms with E-state index in [1.807, 2.05) is 12.1 Å². The molecule has 0 radical (unpaired) electrons. The fraction of sp³-hybridized carbons (Fsp3) is 0.538. The number of ether oxygens (including phenoxy) is 1. The molecule has 0 aliphatic carbocycles. The maximum atomic E-state index is 6.04. The van der Waals surface area contributed by atoms with Gasteiger partial charge in [0.25, 0.3) is 0 Å². The van der Waals surface area contributed by atoms with Gasteiger partial charge in [-0.2, -0.15) is 0 Å². The van der Waals surface area contributed by atoms with Gasteiger partial charge >= 0.3 is 0 Å². The molecule has 0 amide bonds. The molecule has 1 unspecified atom stereocenters. The molecule has 0 bridgehead atoms. The first-order chi connectivity index (χ1) is 7.54. The lowest BCUT2D eigenvalue weighted by atomic mass is 9.83. The largest absolute Gasteiger partial charge is 0.497 e. The Bertz CT molecular complexity index is 348. The van der Waals surface area contributed by atoms with Crippen molar-refractivity contribution in [2.24, 2.45) is 5.41 Å². The lowest BCUT2D eigenvalue weighted by Gasteiger charge is -2.26. The molecule has 1 aromatic rings. The van der Waals surface area contributed by atoms with Crippen molar-refractivity contribution < 1.29 is 4.74 Å². The zero-order valence-electron chi connectivity index (χ0n) is 10.0. The van der Waals surface area contributed by atoms with Crippen molar-refractivity contribution in [3.8, 4) is 5.75 Å². The number of hydrogen-bond donors (Lipinski definition) is 0. The van der Waals surface area contributed by atoms with Crippen LogP contribution in [0.1, 0.15) is 25.8 Å². The molecule has 1 nitrogen and oxygen atoms in total. The van der Waals surface area contributed by atoms with Crippen LogP contribution in [0.25, 0.3) is 0 Å². The lowest BCUT2D eigenvalue weighted by molar-refractivity contribution is 0.353. The number of methoxy groups -OCH3 is 1. The summed E-state index contributed by atoms with van der Waals surface area (Å²) in [4.78, 5) is 0. The highest BCUT2D eigenvalue weighted by atomic mass is 79.9. The summed E-state index contributed by atoms with van der Waals surface area (Å²) in [7, 11) is 1.69. The van der Waals surface area contributed by atoms with Gasteiger partial charge < -0.3 is 4.74 Å². The Morgan fingerprint density at radius 1 is 1.44 bits per heavy atom. The van der Waals surface area contributed by atoms with Crippen LogP contribution in [0.4, 0.5) is 0 Å². The standard InChI is InChI=1S/C13H18BrClO/c1-4-13(2,9-15)8-10-7-11(16-3)5-6-12(10)14/h5-7H,4,8-9H2,1-3H3. The molecule has 0 fully saturated rings. The normalized spacial score (nSPS) is 14.6. The molecular weight excluding hydrogens is 287 g/mol. The van der Waals surface area contributed by atoms with Gasteiger partial charge in [-0.05, 0) is 42.0 Å². The summed E-state index contributed by atoms with van der Waals surface area (Å²) in [6, 6.07) is 6.06. The number of halogens is 2. The van der Waals surface area contributed by atoms with E-state index in [9.17, 15) is 0 Å². The van der Waals surface area contributed by atoms with E-state index >= 15 is 0 Å². The first-order valence-electron chi connectivity index (χ1n) is 5.43. The molecular formula is C13H18BrClO. The molecule has 3 heteroatoms. The third-order valence-corrected chi connectivity index (χ3v) is 4.47. The third kappa shape index (κ3) is 3.39. The van der Waals surface area contributed by atoms with Crippen LogP contribution in [-0.2, 0) is 6.42 Å². The Labute approximate surface area is 111 Å². The molecule has 90 valence electrons. The van der Waals surface area contributed by atoms with E-state index in [1.54, 1.807) is 7.11 Å². The SMILES string of the molecule is CCC(C)(CCl)Cc1cc(OC)ccc1Br. The van der Waals surface area contributed by atoms with E-state index in [0.29, 0.717) is 5.88 Å². The van der Waals surface area contributed by atoms with E-state index < -0.39 is 0 Å². The highest BCUT2D eigenvalue weighted by Gasteiger charge is 2.22. The van der Waals surface area contributed by atoms with Crippen molar-refractivity contribution in [1.82, 2.24) is 0 Å². The molecule has 1 aromatic carbocycles. The van der Waals surface area contributed by atoms with Crippen molar-refractivity contribution in [2.75, 3.05) is 13.0 Å². The summed E-state index contributed by atoms with van der Waals surface area (Å²) in [6.45, 7) is 4.39. The van der Waals surface area contributed by atoms with Crippen LogP contribution in [-0.4, -0.2) is 13.0 Å². The zero-order valence-corrected chi connectivity index (χ0v) is 12.4. The van der Waals surface area contributed by atoms with Gasteiger partial charge in [0.1, 0.15) is 5.75 Å². The molecule has 0 saturated heterocycles. The molecule has 0 spiro atoms. The highest BCUT2D eigenvalue weighted by Crippen LogP contribution is 2.32. The van der Waals surface area contributed by atoms with Crippen LogP contribution < -0.4 is 4.74 Å². The van der Waals surface area contributed by atoms with E-state index in [2.05, 4.69) is 35.8 Å². The summed E-state index contributed by atoms with van der Waals surface area (Å²) < 4.78 is 6.36. The summed E-state index contributed by atoms with van der Waals surface area (Å²) in [5.74, 6) is 1.57. The Morgan fingerprint density at radius 2 is 2.12 bits per heavy atom. The van der Waals surface area contributed by atoms with Crippen molar-refractivity contribution >= 4 is 27.5 Å². The molecule has 16 heavy (non-hydrogen) atoms. The van der Waals surface area contributed by atoms with Crippen molar-refractivity contribution in [2.45, 2.75) is 26.7 Å². The van der Waals surface area contributed by atoms with Crippen molar-refractivity contribution in [1.29, 1.82) is 0 Å². The molecule has 1 atom stereocenters. The number of alkyl halides is 1. The second-order valence-electron chi connectivity index (χ2n) is 4.43. The smallest absolute Gasteiger partial charge is 0.119 e. The fourth-order valence-electron chi connectivity index (χ4n) is 1.54. The average Bonchev–Trinajstić information content (AvgIpc) is 2.32. The molecule has 0 saturated carbocycles. The van der Waals surface area contributed by atoms with Crippen molar-refractivity contribution in [3.05, 3.63) is 28.2 Å². The molecule has 0 aliphatic rings. The molecule has 0 aliphatic heterocycles. The predicted octanol–water partition coefficient (Wildman–Crippen LogP) is 4.66. The van der Waals surface area contributed by atoms with Gasteiger partial charge in [0.15, 0.2) is 0 Å². The highest BCUT2D eigenvalue weighted by molar-refractivity contribution is 9.10. The summed E-state index contributed by atoms with van der Waals surface area (Å²) >= 11 is 9.61. The van der Waals surface area contributed by atoms with Crippen LogP contribution in [0.5, 0.6) is 5.75 Å². The van der Waals surface area contributed by atoms with Gasteiger partial charge in [-0.25, -0.2) is 0 Å². The Balaban J connectivity index is 2.95. The maximum absolute atomic E-state index is 6.04. The minimum atomic E-state index is 0.149. The van der Waals surface area contributed by atoms with Crippen LogP contribution in [0.15, 0.2) is 22.7 Å². The Kier molecular flexibility index (Phi) is 5.13. The molecule has 0 heterocycles. The third-order valence-electron chi connectivity index (χ3n) is 3.05. The Hall–Kier alpha value is -0.210. The monoisotopic (exact) mass is 304 g/mol. The minimum Gasteiger partial charge on any atom is -0.497 e. The van der Waals surface area contributed by atoms with Crippen LogP contribution in [0.2, 0.25) is 0 Å². The van der Waals surface area contributed by atoms with E-state index in [4.69, 9.17) is 16.3 Å². The Morgan fingerprint density at radius 3 is 2.62 bits per heavy atom. The second-order valence-corrected chi connectivity index (χ2v) is 5.55. The van der Waals surface area contributed by atoms with E-state index in [0.717, 1.165) is 23.1 Å². The number of rotatable bonds is 5. The van der Waals surface area contributed by atoms with Crippen LogP contribution in [0.3, 0.4) is 0 Å². The summed E-state index contributed by atoms with van der Waals surface area (Å²) in [5, 5.41) is 0. The lowest BCUT2D eigenvalue weighted by Crippen LogP contribution is -2.20. The van der Waals surface area contributed by atoms with Gasteiger partial charge in [0.2, 0.25) is 0 Å². The van der Waals surface area contributed by atoms with E-state index in [1.165, 1.54) is 5.56 Å². The van der Waals surface area contributed by atoms with Crippen molar-refractivity contribution in [3.63, 3.8) is 0 Å². The fourth-order valence-corrected chi connectivity index (χ4v) is 2.21. The van der Waals surface area contributed by atoms with Crippen LogP contribution in [0, 0.1) is 5.41 Å². The first-order valence-corrected chi connectivity index (χ1v) is 6.76. The van der Waals surface area contributed by atoms with Gasteiger partial charge in [-0.1, -0.05) is 29.8 Å². The topological polar surface area (TPSA) is 9.23 Å². The van der Waals surface area contributed by atoms with Crippen LogP contribution >= 0.6 is 27.5 Å². The number of benzene rings is 1. The quantitative estimate of drug-likeness (QED) is 0.719. The molecule has 1 rings (SSSR count). The van der Waals surface area contributed by atoms with Gasteiger partial charge in [0.05, 0.1) is 7.11 Å². The predicted molar refractivity (Wildman–Crippen MR) is 73.5 cm³/mol. The van der Waals surface area contributed by atoms with Gasteiger partial charge in [0, 0.05) is 10.4 Å². The number of hydrogen-bond acceptors (Lipinski definition) is 1. The molecule has 0 N–H and O–H groups in total.